The predicted octanol–water partition coefficient (Wildman–Crippen LogP) is 4.12. The van der Waals surface area contributed by atoms with E-state index < -0.39 is 24.2 Å². The van der Waals surface area contributed by atoms with Gasteiger partial charge in [-0.3, -0.25) is 4.98 Å². The Morgan fingerprint density at radius 2 is 1.33 bits per heavy atom. The molecule has 4 heteroatoms. The molecule has 0 fully saturated rings. The largest absolute Gasteiger partial charge is 0.266 e. The summed E-state index contributed by atoms with van der Waals surface area (Å²) >= 11 is 0. The minimum atomic E-state index is -1.47. The number of rotatable bonds is 4. The van der Waals surface area contributed by atoms with Gasteiger partial charge in [-0.1, -0.05) is 58.4 Å². The van der Waals surface area contributed by atoms with Crippen molar-refractivity contribution in [3.63, 3.8) is 0 Å². The molecule has 18 heavy (non-hydrogen) atoms. The average molecular weight is 296 g/mol. The highest BCUT2D eigenvalue weighted by Crippen LogP contribution is 2.39. The second kappa shape index (κ2) is 5.06. The van der Waals surface area contributed by atoms with Crippen LogP contribution in [0.2, 0.25) is 57.2 Å². The van der Waals surface area contributed by atoms with Crippen LogP contribution in [-0.2, 0) is 0 Å². The molecule has 0 aliphatic heterocycles. The van der Waals surface area contributed by atoms with E-state index in [0.717, 1.165) is 4.79 Å². The van der Waals surface area contributed by atoms with Crippen molar-refractivity contribution in [2.24, 2.45) is 0 Å². The monoisotopic (exact) mass is 295 g/mol. The molecule has 1 aromatic heterocycles. The van der Waals surface area contributed by atoms with Gasteiger partial charge in [0.2, 0.25) is 0 Å². The Balaban J connectivity index is 3.30. The molecule has 1 rings (SSSR count). The maximum Gasteiger partial charge on any atom is 0.102 e. The normalized spacial score (nSPS) is 14.1. The molecule has 0 spiro atoms. The highest BCUT2D eigenvalue weighted by Gasteiger charge is 2.49. The van der Waals surface area contributed by atoms with Gasteiger partial charge in [0, 0.05) is 27.7 Å². The minimum Gasteiger partial charge on any atom is -0.266 e. The fourth-order valence-corrected chi connectivity index (χ4v) is 34.2. The summed E-state index contributed by atoms with van der Waals surface area (Å²) in [7, 11) is -3.78. The highest BCUT2D eigenvalue weighted by molar-refractivity contribution is 7.16. The van der Waals surface area contributed by atoms with Crippen LogP contribution in [0.25, 0.3) is 0 Å². The SMILES string of the molecule is C[Si](C)(C)C([Si](C)(C)C)[Si](C)(C)c1ccccn1. The van der Waals surface area contributed by atoms with Crippen LogP contribution in [0.1, 0.15) is 0 Å². The first-order chi connectivity index (χ1) is 7.97. The number of pyridine rings is 1. The second-order valence-electron chi connectivity index (χ2n) is 8.10. The molecular formula is C14H29NSi3. The lowest BCUT2D eigenvalue weighted by molar-refractivity contribution is 1.30. The fraction of sp³-hybridized carbons (Fsp3) is 0.643. The number of hydrogen-bond donors (Lipinski definition) is 0. The molecule has 0 N–H and O–H groups in total. The van der Waals surface area contributed by atoms with Crippen molar-refractivity contribution in [1.82, 2.24) is 4.98 Å². The van der Waals surface area contributed by atoms with Crippen LogP contribution in [0.5, 0.6) is 0 Å². The summed E-state index contributed by atoms with van der Waals surface area (Å²) in [4.78, 5) is 5.67. The lowest BCUT2D eigenvalue weighted by atomic mass is 10.5. The van der Waals surface area contributed by atoms with E-state index in [2.05, 4.69) is 64.5 Å². The van der Waals surface area contributed by atoms with Gasteiger partial charge in [0.1, 0.15) is 8.07 Å². The summed E-state index contributed by atoms with van der Waals surface area (Å²) in [6.45, 7) is 20.4. The first-order valence-corrected chi connectivity index (χ1v) is 17.1. The Labute approximate surface area is 116 Å². The van der Waals surface area contributed by atoms with Gasteiger partial charge < -0.3 is 0 Å². The van der Waals surface area contributed by atoms with E-state index in [4.69, 9.17) is 4.98 Å². The molecule has 0 saturated carbocycles. The van der Waals surface area contributed by atoms with Crippen molar-refractivity contribution < 1.29 is 0 Å². The Kier molecular flexibility index (Phi) is 4.45. The van der Waals surface area contributed by atoms with Crippen LogP contribution in [0.15, 0.2) is 24.4 Å². The Bertz CT molecular complexity index is 374. The van der Waals surface area contributed by atoms with Crippen molar-refractivity contribution in [2.75, 3.05) is 0 Å². The average Bonchev–Trinajstić information content (AvgIpc) is 2.13. The molecule has 0 amide bonds. The molecule has 0 aliphatic rings. The summed E-state index contributed by atoms with van der Waals surface area (Å²) in [5.74, 6) is 0. The van der Waals surface area contributed by atoms with E-state index in [9.17, 15) is 0 Å². The van der Waals surface area contributed by atoms with Crippen LogP contribution < -0.4 is 5.32 Å². The Morgan fingerprint density at radius 3 is 1.67 bits per heavy atom. The number of nitrogens with zero attached hydrogens (tertiary/aromatic N) is 1. The first-order valence-electron chi connectivity index (χ1n) is 6.89. The van der Waals surface area contributed by atoms with Gasteiger partial charge in [-0.2, -0.15) is 0 Å². The first kappa shape index (κ1) is 15.9. The number of hydrogen-bond acceptors (Lipinski definition) is 1. The standard InChI is InChI=1S/C14H29NSi3/c1-16(2,3)14(17(4,5)6)18(7,8)13-11-9-10-12-15-13/h9-12,14H,1-8H3. The zero-order valence-corrected chi connectivity index (χ0v) is 16.3. The van der Waals surface area contributed by atoms with E-state index in [0.29, 0.717) is 0 Å². The quantitative estimate of drug-likeness (QED) is 0.761. The molecule has 0 aliphatic carbocycles. The third-order valence-electron chi connectivity index (χ3n) is 3.78. The van der Waals surface area contributed by atoms with Crippen molar-refractivity contribution in [2.45, 2.75) is 57.2 Å². The minimum absolute atomic E-state index is 0.965. The molecule has 1 aromatic rings. The van der Waals surface area contributed by atoms with Gasteiger partial charge in [0.15, 0.2) is 0 Å². The summed E-state index contributed by atoms with van der Waals surface area (Å²) < 4.78 is 0. The van der Waals surface area contributed by atoms with E-state index >= 15 is 0 Å². The maximum atomic E-state index is 4.70. The zero-order chi connectivity index (χ0) is 14.2. The van der Waals surface area contributed by atoms with Crippen molar-refractivity contribution in [3.05, 3.63) is 24.4 Å². The summed E-state index contributed by atoms with van der Waals surface area (Å²) in [6, 6.07) is 6.45. The van der Waals surface area contributed by atoms with E-state index in [1.807, 2.05) is 12.3 Å². The van der Waals surface area contributed by atoms with Crippen LogP contribution >= 0.6 is 0 Å². The molecule has 102 valence electrons. The molecule has 0 aromatic carbocycles. The predicted molar refractivity (Wildman–Crippen MR) is 91.8 cm³/mol. The molecule has 0 atom stereocenters. The van der Waals surface area contributed by atoms with Gasteiger partial charge in [-0.05, 0) is 16.9 Å². The van der Waals surface area contributed by atoms with E-state index in [1.165, 1.54) is 5.32 Å². The van der Waals surface area contributed by atoms with Crippen molar-refractivity contribution in [3.8, 4) is 0 Å². The fourth-order valence-electron chi connectivity index (χ4n) is 4.36. The van der Waals surface area contributed by atoms with Gasteiger partial charge in [0.25, 0.3) is 0 Å². The third kappa shape index (κ3) is 3.42. The lowest BCUT2D eigenvalue weighted by Crippen LogP contribution is -2.62. The van der Waals surface area contributed by atoms with Gasteiger partial charge in [0.05, 0.1) is 0 Å². The molecule has 0 unspecified atom stereocenters. The van der Waals surface area contributed by atoms with Crippen LogP contribution in [0.3, 0.4) is 0 Å². The smallest absolute Gasteiger partial charge is 0.102 e. The molecule has 1 heterocycles. The molecule has 1 nitrogen and oxygen atoms in total. The van der Waals surface area contributed by atoms with Gasteiger partial charge in [-0.15, -0.1) is 0 Å². The van der Waals surface area contributed by atoms with Crippen LogP contribution in [0, 0.1) is 0 Å². The lowest BCUT2D eigenvalue weighted by Gasteiger charge is -2.47. The number of aromatic nitrogens is 1. The van der Waals surface area contributed by atoms with E-state index in [-0.39, 0.29) is 0 Å². The summed E-state index contributed by atoms with van der Waals surface area (Å²) in [5.41, 5.74) is 0. The van der Waals surface area contributed by atoms with Gasteiger partial charge in [-0.25, -0.2) is 0 Å². The molecule has 0 radical (unpaired) electrons. The maximum absolute atomic E-state index is 4.70. The van der Waals surface area contributed by atoms with Crippen LogP contribution in [0.4, 0.5) is 0 Å². The zero-order valence-electron chi connectivity index (χ0n) is 13.3. The van der Waals surface area contributed by atoms with Crippen LogP contribution in [-0.4, -0.2) is 29.2 Å². The summed E-state index contributed by atoms with van der Waals surface area (Å²) in [5, 5.41) is 1.40. The molecular weight excluding hydrogens is 266 g/mol. The Hall–Kier alpha value is -0.199. The van der Waals surface area contributed by atoms with E-state index in [1.54, 1.807) is 0 Å². The summed E-state index contributed by atoms with van der Waals surface area (Å²) in [6.07, 6.45) is 1.97. The topological polar surface area (TPSA) is 12.9 Å². The Morgan fingerprint density at radius 1 is 0.833 bits per heavy atom. The van der Waals surface area contributed by atoms with Crippen molar-refractivity contribution >= 4 is 29.5 Å². The van der Waals surface area contributed by atoms with Gasteiger partial charge >= 0.3 is 0 Å². The molecule has 0 saturated heterocycles. The third-order valence-corrected chi connectivity index (χ3v) is 25.0. The second-order valence-corrected chi connectivity index (χ2v) is 25.0. The van der Waals surface area contributed by atoms with Crippen molar-refractivity contribution in [1.29, 1.82) is 0 Å². The highest BCUT2D eigenvalue weighted by atomic mass is 28.5. The molecule has 0 bridgehead atoms.